The molecule has 0 aromatic heterocycles. The van der Waals surface area contributed by atoms with E-state index in [9.17, 15) is 9.90 Å². The number of nitrogens with one attached hydrogen (secondary N) is 1. The van der Waals surface area contributed by atoms with E-state index >= 15 is 0 Å². The van der Waals surface area contributed by atoms with Crippen LogP contribution in [-0.4, -0.2) is 48.2 Å². The van der Waals surface area contributed by atoms with Crippen LogP contribution in [0, 0.1) is 11.8 Å². The Bertz CT molecular complexity index is 300. The Morgan fingerprint density at radius 1 is 1.39 bits per heavy atom. The van der Waals surface area contributed by atoms with Crippen LogP contribution in [0.3, 0.4) is 0 Å². The molecule has 0 aromatic rings. The third-order valence-corrected chi connectivity index (χ3v) is 4.36. The summed E-state index contributed by atoms with van der Waals surface area (Å²) in [4.78, 5) is 14.1. The average molecular weight is 254 g/mol. The lowest BCUT2D eigenvalue weighted by Gasteiger charge is -2.33. The molecule has 2 unspecified atom stereocenters. The maximum Gasteiger partial charge on any atom is 0.226 e. The van der Waals surface area contributed by atoms with Crippen molar-refractivity contribution in [3.05, 3.63) is 0 Å². The molecule has 1 heterocycles. The maximum atomic E-state index is 12.3. The van der Waals surface area contributed by atoms with Crippen LogP contribution in [0.15, 0.2) is 0 Å². The molecule has 2 N–H and O–H groups in total. The van der Waals surface area contributed by atoms with E-state index in [1.165, 1.54) is 0 Å². The molecule has 2 aliphatic rings. The molecule has 1 aliphatic carbocycles. The summed E-state index contributed by atoms with van der Waals surface area (Å²) in [7, 11) is 1.83. The maximum absolute atomic E-state index is 12.3. The molecule has 4 nitrogen and oxygen atoms in total. The van der Waals surface area contributed by atoms with Gasteiger partial charge in [-0.3, -0.25) is 4.79 Å². The summed E-state index contributed by atoms with van der Waals surface area (Å²) in [5.41, 5.74) is -0.627. The van der Waals surface area contributed by atoms with Crippen LogP contribution in [0.5, 0.6) is 0 Å². The van der Waals surface area contributed by atoms with Gasteiger partial charge in [-0.2, -0.15) is 0 Å². The first-order valence-corrected chi connectivity index (χ1v) is 7.18. The van der Waals surface area contributed by atoms with Crippen molar-refractivity contribution >= 4 is 5.91 Å². The predicted molar refractivity (Wildman–Crippen MR) is 71.2 cm³/mol. The molecule has 0 aromatic carbocycles. The number of carbonyl (C=O) groups is 1. The summed E-state index contributed by atoms with van der Waals surface area (Å²) < 4.78 is 0. The summed E-state index contributed by atoms with van der Waals surface area (Å²) in [6.45, 7) is 4.47. The minimum Gasteiger partial charge on any atom is -0.388 e. The minimum atomic E-state index is -0.627. The lowest BCUT2D eigenvalue weighted by molar-refractivity contribution is -0.138. The zero-order chi connectivity index (χ0) is 13.2. The Morgan fingerprint density at radius 2 is 2.06 bits per heavy atom. The predicted octanol–water partition coefficient (Wildman–Crippen LogP) is 0.995. The summed E-state index contributed by atoms with van der Waals surface area (Å²) >= 11 is 0. The van der Waals surface area contributed by atoms with Gasteiger partial charge in [-0.1, -0.05) is 19.8 Å². The highest BCUT2D eigenvalue weighted by Crippen LogP contribution is 2.30. The molecule has 0 radical (unpaired) electrons. The van der Waals surface area contributed by atoms with Crippen LogP contribution >= 0.6 is 0 Å². The van der Waals surface area contributed by atoms with Crippen LogP contribution in [0.1, 0.15) is 39.0 Å². The third kappa shape index (κ3) is 3.23. The molecule has 2 fully saturated rings. The van der Waals surface area contributed by atoms with Crippen LogP contribution in [-0.2, 0) is 4.79 Å². The average Bonchev–Trinajstić information content (AvgIpc) is 2.74. The fraction of sp³-hybridized carbons (Fsp3) is 0.929. The van der Waals surface area contributed by atoms with Gasteiger partial charge in [0.15, 0.2) is 0 Å². The summed E-state index contributed by atoms with van der Waals surface area (Å²) in [6.07, 6.45) is 4.81. The molecule has 1 saturated carbocycles. The zero-order valence-electron chi connectivity index (χ0n) is 11.6. The molecule has 18 heavy (non-hydrogen) atoms. The van der Waals surface area contributed by atoms with Crippen LogP contribution in [0.25, 0.3) is 0 Å². The monoisotopic (exact) mass is 254 g/mol. The van der Waals surface area contributed by atoms with Gasteiger partial charge in [0.05, 0.1) is 11.5 Å². The number of hydrogen-bond donors (Lipinski definition) is 2. The van der Waals surface area contributed by atoms with Gasteiger partial charge in [0.1, 0.15) is 0 Å². The number of nitrogens with zero attached hydrogens (tertiary/aromatic N) is 1. The van der Waals surface area contributed by atoms with Crippen LogP contribution in [0.2, 0.25) is 0 Å². The molecule has 4 heteroatoms. The van der Waals surface area contributed by atoms with Gasteiger partial charge in [-0.15, -0.1) is 0 Å². The Balaban J connectivity index is 1.87. The number of likely N-dealkylation sites (N-methyl/N-ethyl adjacent to an activating group) is 1. The SMILES string of the molecule is CC1CNCC(C(=O)N(C)CC2(O)CCCC2)C1. The first-order chi connectivity index (χ1) is 8.50. The number of amides is 1. The standard InChI is InChI=1S/C14H26N2O2/c1-11-7-12(9-15-8-11)13(17)16(2)10-14(18)5-3-4-6-14/h11-12,15,18H,3-10H2,1-2H3. The Hall–Kier alpha value is -0.610. The van der Waals surface area contributed by atoms with E-state index in [1.54, 1.807) is 4.90 Å². The van der Waals surface area contributed by atoms with Gasteiger partial charge in [-0.25, -0.2) is 0 Å². The van der Waals surface area contributed by atoms with Crippen molar-refractivity contribution in [2.45, 2.75) is 44.6 Å². The van der Waals surface area contributed by atoms with Crippen molar-refractivity contribution in [1.29, 1.82) is 0 Å². The molecule has 2 rings (SSSR count). The Kier molecular flexibility index (Phi) is 4.28. The molecule has 2 atom stereocenters. The van der Waals surface area contributed by atoms with Gasteiger partial charge in [0, 0.05) is 20.1 Å². The van der Waals surface area contributed by atoms with Gasteiger partial charge >= 0.3 is 0 Å². The van der Waals surface area contributed by atoms with E-state index in [4.69, 9.17) is 0 Å². The van der Waals surface area contributed by atoms with Crippen molar-refractivity contribution in [2.24, 2.45) is 11.8 Å². The van der Waals surface area contributed by atoms with Crippen molar-refractivity contribution in [2.75, 3.05) is 26.7 Å². The quantitative estimate of drug-likeness (QED) is 0.790. The van der Waals surface area contributed by atoms with Gasteiger partial charge < -0.3 is 15.3 Å². The highest BCUT2D eigenvalue weighted by molar-refractivity contribution is 5.79. The summed E-state index contributed by atoms with van der Waals surface area (Å²) in [5.74, 6) is 0.841. The lowest BCUT2D eigenvalue weighted by Crippen LogP contribution is -2.48. The van der Waals surface area contributed by atoms with Gasteiger partial charge in [0.2, 0.25) is 5.91 Å². The number of carbonyl (C=O) groups excluding carboxylic acids is 1. The lowest BCUT2D eigenvalue weighted by atomic mass is 9.90. The fourth-order valence-corrected chi connectivity index (χ4v) is 3.37. The largest absolute Gasteiger partial charge is 0.388 e. The summed E-state index contributed by atoms with van der Waals surface area (Å²) in [5, 5.41) is 13.7. The van der Waals surface area contributed by atoms with Crippen LogP contribution < -0.4 is 5.32 Å². The van der Waals surface area contributed by atoms with Crippen molar-refractivity contribution in [1.82, 2.24) is 10.2 Å². The molecule has 104 valence electrons. The van der Waals surface area contributed by atoms with Crippen molar-refractivity contribution in [3.63, 3.8) is 0 Å². The first-order valence-electron chi connectivity index (χ1n) is 7.18. The highest BCUT2D eigenvalue weighted by Gasteiger charge is 2.35. The molecule has 0 spiro atoms. The number of rotatable bonds is 3. The van der Waals surface area contributed by atoms with E-state index in [0.29, 0.717) is 12.5 Å². The second-order valence-corrected chi connectivity index (χ2v) is 6.32. The van der Waals surface area contributed by atoms with E-state index < -0.39 is 5.60 Å². The number of aliphatic hydroxyl groups is 1. The number of piperidine rings is 1. The topological polar surface area (TPSA) is 52.6 Å². The molecule has 1 saturated heterocycles. The smallest absolute Gasteiger partial charge is 0.226 e. The van der Waals surface area contributed by atoms with E-state index in [-0.39, 0.29) is 11.8 Å². The minimum absolute atomic E-state index is 0.0868. The molecular weight excluding hydrogens is 228 g/mol. The van der Waals surface area contributed by atoms with Gasteiger partial charge in [-0.05, 0) is 31.7 Å². The normalized spacial score (nSPS) is 31.3. The van der Waals surface area contributed by atoms with E-state index in [2.05, 4.69) is 12.2 Å². The Labute approximate surface area is 110 Å². The van der Waals surface area contributed by atoms with Gasteiger partial charge in [0.25, 0.3) is 0 Å². The third-order valence-electron chi connectivity index (χ3n) is 4.36. The van der Waals surface area contributed by atoms with E-state index in [0.717, 1.165) is 45.2 Å². The van der Waals surface area contributed by atoms with Crippen LogP contribution in [0.4, 0.5) is 0 Å². The fourth-order valence-electron chi connectivity index (χ4n) is 3.37. The van der Waals surface area contributed by atoms with Crippen molar-refractivity contribution < 1.29 is 9.90 Å². The highest BCUT2D eigenvalue weighted by atomic mass is 16.3. The second kappa shape index (κ2) is 5.57. The second-order valence-electron chi connectivity index (χ2n) is 6.32. The first kappa shape index (κ1) is 13.8. The van der Waals surface area contributed by atoms with E-state index in [1.807, 2.05) is 7.05 Å². The molecule has 1 amide bonds. The zero-order valence-corrected chi connectivity index (χ0v) is 11.6. The summed E-state index contributed by atoms with van der Waals surface area (Å²) in [6, 6.07) is 0. The molecular formula is C14H26N2O2. The van der Waals surface area contributed by atoms with Crippen molar-refractivity contribution in [3.8, 4) is 0 Å². The molecule has 1 aliphatic heterocycles. The molecule has 0 bridgehead atoms. The Morgan fingerprint density at radius 3 is 2.67 bits per heavy atom. The number of hydrogen-bond acceptors (Lipinski definition) is 3.